The topological polar surface area (TPSA) is 33.4 Å². The van der Waals surface area contributed by atoms with Gasteiger partial charge in [-0.1, -0.05) is 11.6 Å². The monoisotopic (exact) mass is 322 g/mol. The second-order valence-electron chi connectivity index (χ2n) is 4.61. The summed E-state index contributed by atoms with van der Waals surface area (Å²) < 4.78 is 18.7. The van der Waals surface area contributed by atoms with Gasteiger partial charge in [-0.3, -0.25) is 0 Å². The third-order valence-corrected chi connectivity index (χ3v) is 4.39. The minimum atomic E-state index is -0.749. The number of halogens is 2. The zero-order chi connectivity index (χ0) is 14.8. The van der Waals surface area contributed by atoms with Gasteiger partial charge >= 0.3 is 0 Å². The number of thioether (sulfide) groups is 1. The fraction of sp³-hybridized carbons (Fsp3) is 0.125. The Morgan fingerprint density at radius 1 is 1.14 bits per heavy atom. The predicted octanol–water partition coefficient (Wildman–Crippen LogP) is 5.05. The maximum Gasteiger partial charge on any atom is 0.134 e. The second kappa shape index (κ2) is 6.10. The van der Waals surface area contributed by atoms with Gasteiger partial charge in [-0.15, -0.1) is 11.8 Å². The van der Waals surface area contributed by atoms with Gasteiger partial charge in [0.15, 0.2) is 0 Å². The summed E-state index contributed by atoms with van der Waals surface area (Å²) in [4.78, 5) is 1.01. The summed E-state index contributed by atoms with van der Waals surface area (Å²) in [7, 11) is 0. The number of hydrogen-bond donors (Lipinski definition) is 1. The van der Waals surface area contributed by atoms with E-state index in [0.29, 0.717) is 27.5 Å². The van der Waals surface area contributed by atoms with Crippen LogP contribution in [0.5, 0.6) is 0 Å². The SMILES string of the molecule is OC(CSc1ccc(Cl)cc1)c1cc2cc(F)ccc2o1. The first kappa shape index (κ1) is 14.4. The fourth-order valence-electron chi connectivity index (χ4n) is 1.99. The molecular formula is C16H12ClFO2S. The molecule has 5 heteroatoms. The molecule has 0 spiro atoms. The van der Waals surface area contributed by atoms with Crippen LogP contribution < -0.4 is 0 Å². The normalized spacial score (nSPS) is 12.7. The van der Waals surface area contributed by atoms with E-state index in [1.54, 1.807) is 24.3 Å². The van der Waals surface area contributed by atoms with Crippen molar-refractivity contribution < 1.29 is 13.9 Å². The molecule has 1 atom stereocenters. The molecule has 3 rings (SSSR count). The van der Waals surface area contributed by atoms with E-state index in [4.69, 9.17) is 16.0 Å². The van der Waals surface area contributed by atoms with Crippen LogP contribution in [0, 0.1) is 5.82 Å². The molecule has 2 nitrogen and oxygen atoms in total. The van der Waals surface area contributed by atoms with Crippen molar-refractivity contribution >= 4 is 34.3 Å². The Bertz CT molecular complexity index is 755. The number of benzene rings is 2. The van der Waals surface area contributed by atoms with Crippen LogP contribution in [0.15, 0.2) is 57.8 Å². The zero-order valence-electron chi connectivity index (χ0n) is 10.9. The maximum absolute atomic E-state index is 13.1. The molecule has 0 aliphatic carbocycles. The molecule has 0 amide bonds. The van der Waals surface area contributed by atoms with Gasteiger partial charge in [0.1, 0.15) is 23.3 Å². The Hall–Kier alpha value is -1.49. The van der Waals surface area contributed by atoms with E-state index in [9.17, 15) is 9.50 Å². The highest BCUT2D eigenvalue weighted by Crippen LogP contribution is 2.29. The van der Waals surface area contributed by atoms with E-state index >= 15 is 0 Å². The van der Waals surface area contributed by atoms with E-state index in [2.05, 4.69) is 0 Å². The third-order valence-electron chi connectivity index (χ3n) is 3.05. The second-order valence-corrected chi connectivity index (χ2v) is 6.14. The first-order valence-corrected chi connectivity index (χ1v) is 7.73. The standard InChI is InChI=1S/C16H12ClFO2S/c17-11-1-4-13(5-2-11)21-9-14(19)16-8-10-7-12(18)3-6-15(10)20-16/h1-8,14,19H,9H2. The molecule has 1 heterocycles. The van der Waals surface area contributed by atoms with Crippen molar-refractivity contribution in [3.05, 3.63) is 65.1 Å². The Morgan fingerprint density at radius 3 is 2.67 bits per heavy atom. The van der Waals surface area contributed by atoms with E-state index in [1.165, 1.54) is 23.9 Å². The summed E-state index contributed by atoms with van der Waals surface area (Å²) in [6.07, 6.45) is -0.749. The van der Waals surface area contributed by atoms with Crippen LogP contribution in [-0.4, -0.2) is 10.9 Å². The van der Waals surface area contributed by atoms with Crippen LogP contribution in [0.1, 0.15) is 11.9 Å². The molecule has 21 heavy (non-hydrogen) atoms. The lowest BCUT2D eigenvalue weighted by atomic mass is 10.2. The van der Waals surface area contributed by atoms with Crippen LogP contribution in [0.3, 0.4) is 0 Å². The van der Waals surface area contributed by atoms with Crippen molar-refractivity contribution in [2.24, 2.45) is 0 Å². The predicted molar refractivity (Wildman–Crippen MR) is 83.3 cm³/mol. The van der Waals surface area contributed by atoms with E-state index in [-0.39, 0.29) is 5.82 Å². The number of furan rings is 1. The first-order valence-electron chi connectivity index (χ1n) is 6.37. The van der Waals surface area contributed by atoms with Gasteiger partial charge in [-0.2, -0.15) is 0 Å². The van der Waals surface area contributed by atoms with Crippen molar-refractivity contribution in [2.75, 3.05) is 5.75 Å². The third kappa shape index (κ3) is 3.40. The minimum Gasteiger partial charge on any atom is -0.458 e. The minimum absolute atomic E-state index is 0.320. The highest BCUT2D eigenvalue weighted by atomic mass is 35.5. The summed E-state index contributed by atoms with van der Waals surface area (Å²) in [5, 5.41) is 11.5. The summed E-state index contributed by atoms with van der Waals surface area (Å²) in [5.74, 6) is 0.571. The molecule has 0 fully saturated rings. The van der Waals surface area contributed by atoms with E-state index in [0.717, 1.165) is 4.90 Å². The Labute approximate surface area is 130 Å². The molecule has 0 radical (unpaired) electrons. The zero-order valence-corrected chi connectivity index (χ0v) is 12.5. The van der Waals surface area contributed by atoms with Gasteiger partial charge in [-0.05, 0) is 48.5 Å². The molecule has 1 N–H and O–H groups in total. The number of rotatable bonds is 4. The van der Waals surface area contributed by atoms with E-state index in [1.807, 2.05) is 12.1 Å². The quantitative estimate of drug-likeness (QED) is 0.682. The molecule has 0 saturated carbocycles. The number of aliphatic hydroxyl groups excluding tert-OH is 1. The largest absolute Gasteiger partial charge is 0.458 e. The lowest BCUT2D eigenvalue weighted by molar-refractivity contribution is 0.177. The van der Waals surface area contributed by atoms with Crippen LogP contribution in [0.25, 0.3) is 11.0 Å². The molecular weight excluding hydrogens is 311 g/mol. The highest BCUT2D eigenvalue weighted by Gasteiger charge is 2.14. The molecule has 2 aromatic carbocycles. The van der Waals surface area contributed by atoms with Gasteiger partial charge in [0.05, 0.1) is 0 Å². The van der Waals surface area contributed by atoms with Crippen LogP contribution in [-0.2, 0) is 0 Å². The molecule has 0 aliphatic heterocycles. The summed E-state index contributed by atoms with van der Waals surface area (Å²) in [6, 6.07) is 13.4. The molecule has 108 valence electrons. The lowest BCUT2D eigenvalue weighted by Crippen LogP contribution is -1.98. The smallest absolute Gasteiger partial charge is 0.134 e. The average Bonchev–Trinajstić information content (AvgIpc) is 2.89. The van der Waals surface area contributed by atoms with Crippen LogP contribution in [0.2, 0.25) is 5.02 Å². The lowest BCUT2D eigenvalue weighted by Gasteiger charge is -2.07. The summed E-state index contributed by atoms with van der Waals surface area (Å²) in [6.45, 7) is 0. The van der Waals surface area contributed by atoms with Gasteiger partial charge < -0.3 is 9.52 Å². The number of aliphatic hydroxyl groups is 1. The number of fused-ring (bicyclic) bond motifs is 1. The van der Waals surface area contributed by atoms with Gasteiger partial charge in [0.25, 0.3) is 0 Å². The van der Waals surface area contributed by atoms with Crippen molar-refractivity contribution in [3.8, 4) is 0 Å². The molecule has 0 saturated heterocycles. The molecule has 3 aromatic rings. The molecule has 0 bridgehead atoms. The molecule has 1 unspecified atom stereocenters. The molecule has 1 aromatic heterocycles. The van der Waals surface area contributed by atoms with Crippen LogP contribution in [0.4, 0.5) is 4.39 Å². The van der Waals surface area contributed by atoms with Gasteiger partial charge in [-0.25, -0.2) is 4.39 Å². The molecule has 0 aliphatic rings. The first-order chi connectivity index (χ1) is 10.1. The van der Waals surface area contributed by atoms with Crippen molar-refractivity contribution in [2.45, 2.75) is 11.0 Å². The highest BCUT2D eigenvalue weighted by molar-refractivity contribution is 7.99. The van der Waals surface area contributed by atoms with Crippen molar-refractivity contribution in [1.29, 1.82) is 0 Å². The van der Waals surface area contributed by atoms with Gasteiger partial charge in [0.2, 0.25) is 0 Å². The Balaban J connectivity index is 1.71. The maximum atomic E-state index is 13.1. The summed E-state index contributed by atoms with van der Waals surface area (Å²) >= 11 is 7.33. The van der Waals surface area contributed by atoms with Crippen molar-refractivity contribution in [3.63, 3.8) is 0 Å². The number of hydrogen-bond acceptors (Lipinski definition) is 3. The Kier molecular flexibility index (Phi) is 4.19. The van der Waals surface area contributed by atoms with Crippen LogP contribution >= 0.6 is 23.4 Å². The van der Waals surface area contributed by atoms with Crippen molar-refractivity contribution in [1.82, 2.24) is 0 Å². The summed E-state index contributed by atoms with van der Waals surface area (Å²) in [5.41, 5.74) is 0.571. The van der Waals surface area contributed by atoms with E-state index < -0.39 is 6.10 Å². The Morgan fingerprint density at radius 2 is 1.90 bits per heavy atom. The van der Waals surface area contributed by atoms with Gasteiger partial charge in [0, 0.05) is 21.1 Å². The average molecular weight is 323 g/mol. The fourth-order valence-corrected chi connectivity index (χ4v) is 2.96.